The highest BCUT2D eigenvalue weighted by Crippen LogP contribution is 2.16. The normalized spacial score (nSPS) is 10.5. The first kappa shape index (κ1) is 13.7. The van der Waals surface area contributed by atoms with E-state index < -0.39 is 0 Å². The molecule has 4 nitrogen and oxygen atoms in total. The molecule has 6 heteroatoms. The Morgan fingerprint density at radius 3 is 2.89 bits per heavy atom. The van der Waals surface area contributed by atoms with Gasteiger partial charge in [0.1, 0.15) is 5.82 Å². The van der Waals surface area contributed by atoms with Crippen LogP contribution in [0.5, 0.6) is 0 Å². The second-order valence-electron chi connectivity index (χ2n) is 4.01. The van der Waals surface area contributed by atoms with Crippen LogP contribution in [0.25, 0.3) is 0 Å². The van der Waals surface area contributed by atoms with Crippen molar-refractivity contribution in [2.45, 2.75) is 13.5 Å². The van der Waals surface area contributed by atoms with Gasteiger partial charge in [0.05, 0.1) is 18.4 Å². The number of aromatic nitrogens is 2. The van der Waals surface area contributed by atoms with Gasteiger partial charge >= 0.3 is 0 Å². The summed E-state index contributed by atoms with van der Waals surface area (Å²) in [5.74, 6) is -0.354. The quantitative estimate of drug-likeness (QED) is 0.940. The van der Waals surface area contributed by atoms with Gasteiger partial charge in [-0.1, -0.05) is 15.9 Å². The first-order chi connectivity index (χ1) is 9.10. The molecule has 1 aromatic carbocycles. The molecule has 100 valence electrons. The third-order valence-electron chi connectivity index (χ3n) is 2.58. The fourth-order valence-electron chi connectivity index (χ4n) is 1.68. The van der Waals surface area contributed by atoms with E-state index in [0.29, 0.717) is 17.8 Å². The molecule has 0 aliphatic carbocycles. The number of nitrogens with zero attached hydrogens (tertiary/aromatic N) is 2. The largest absolute Gasteiger partial charge is 0.384 e. The Labute approximate surface area is 118 Å². The highest BCUT2D eigenvalue weighted by molar-refractivity contribution is 9.10. The summed E-state index contributed by atoms with van der Waals surface area (Å²) in [6.07, 6.45) is 1.56. The number of halogens is 2. The van der Waals surface area contributed by atoms with E-state index in [0.717, 1.165) is 4.47 Å². The molecule has 19 heavy (non-hydrogen) atoms. The fraction of sp³-hybridized carbons (Fsp3) is 0.231. The zero-order valence-electron chi connectivity index (χ0n) is 10.4. The van der Waals surface area contributed by atoms with Gasteiger partial charge in [0.2, 0.25) is 0 Å². The lowest BCUT2D eigenvalue weighted by Gasteiger charge is -2.08. The molecule has 0 amide bonds. The van der Waals surface area contributed by atoms with Crippen LogP contribution in [-0.2, 0) is 6.54 Å². The Balaban J connectivity index is 2.28. The molecular formula is C13H13BrFN3O. The summed E-state index contributed by atoms with van der Waals surface area (Å²) in [6.45, 7) is 2.75. The molecule has 0 aliphatic rings. The van der Waals surface area contributed by atoms with Gasteiger partial charge in [-0.3, -0.25) is 4.79 Å². The van der Waals surface area contributed by atoms with Crippen LogP contribution in [0, 0.1) is 5.82 Å². The van der Waals surface area contributed by atoms with Gasteiger partial charge in [0, 0.05) is 22.6 Å². The van der Waals surface area contributed by atoms with Crippen molar-refractivity contribution < 1.29 is 4.39 Å². The number of anilines is 1. The molecule has 0 spiro atoms. The third kappa shape index (κ3) is 3.41. The number of nitrogens with one attached hydrogen (secondary N) is 1. The molecular weight excluding hydrogens is 313 g/mol. The standard InChI is InChI=1S/C13H13BrFN3O/c1-2-16-11-6-13(19)18(17-7-11)8-9-5-10(14)3-4-12(9)15/h3-7,16H,2,8H2,1H3. The Hall–Kier alpha value is -1.69. The van der Waals surface area contributed by atoms with Crippen molar-refractivity contribution in [3.05, 3.63) is 56.7 Å². The summed E-state index contributed by atoms with van der Waals surface area (Å²) in [5, 5.41) is 7.03. The summed E-state index contributed by atoms with van der Waals surface area (Å²) in [4.78, 5) is 11.8. The van der Waals surface area contributed by atoms with Crippen molar-refractivity contribution in [2.75, 3.05) is 11.9 Å². The smallest absolute Gasteiger partial charge is 0.269 e. The van der Waals surface area contributed by atoms with Crippen LogP contribution in [0.15, 0.2) is 39.7 Å². The van der Waals surface area contributed by atoms with Gasteiger partial charge in [-0.25, -0.2) is 9.07 Å². The summed E-state index contributed by atoms with van der Waals surface area (Å²) in [6, 6.07) is 6.06. The molecule has 1 N–H and O–H groups in total. The lowest BCUT2D eigenvalue weighted by molar-refractivity contribution is 0.572. The van der Waals surface area contributed by atoms with Gasteiger partial charge in [0.15, 0.2) is 0 Å². The Bertz CT molecular complexity index is 642. The number of rotatable bonds is 4. The maximum absolute atomic E-state index is 13.6. The van der Waals surface area contributed by atoms with Crippen molar-refractivity contribution in [1.29, 1.82) is 0 Å². The van der Waals surface area contributed by atoms with Crippen LogP contribution >= 0.6 is 15.9 Å². The monoisotopic (exact) mass is 325 g/mol. The van der Waals surface area contributed by atoms with E-state index in [4.69, 9.17) is 0 Å². The molecule has 0 unspecified atom stereocenters. The Kier molecular flexibility index (Phi) is 4.31. The van der Waals surface area contributed by atoms with E-state index in [1.807, 2.05) is 6.92 Å². The minimum Gasteiger partial charge on any atom is -0.384 e. The average Bonchev–Trinajstić information content (AvgIpc) is 2.37. The molecule has 0 aliphatic heterocycles. The fourth-order valence-corrected chi connectivity index (χ4v) is 2.09. The Morgan fingerprint density at radius 1 is 1.42 bits per heavy atom. The van der Waals surface area contributed by atoms with Crippen LogP contribution in [0.3, 0.4) is 0 Å². The minimum atomic E-state index is -0.354. The zero-order valence-corrected chi connectivity index (χ0v) is 11.9. The summed E-state index contributed by atoms with van der Waals surface area (Å²) < 4.78 is 15.6. The van der Waals surface area contributed by atoms with Crippen molar-refractivity contribution in [1.82, 2.24) is 9.78 Å². The van der Waals surface area contributed by atoms with Crippen LogP contribution in [0.2, 0.25) is 0 Å². The lowest BCUT2D eigenvalue weighted by atomic mass is 10.2. The molecule has 1 aromatic heterocycles. The molecule has 0 saturated heterocycles. The van der Waals surface area contributed by atoms with Crippen molar-refractivity contribution in [2.24, 2.45) is 0 Å². The van der Waals surface area contributed by atoms with Crippen molar-refractivity contribution in [3.8, 4) is 0 Å². The molecule has 0 atom stereocenters. The molecule has 0 saturated carbocycles. The molecule has 2 rings (SSSR count). The van der Waals surface area contributed by atoms with Crippen LogP contribution in [0.4, 0.5) is 10.1 Å². The molecule has 0 fully saturated rings. The molecule has 0 bridgehead atoms. The van der Waals surface area contributed by atoms with Crippen LogP contribution in [-0.4, -0.2) is 16.3 Å². The summed E-state index contributed by atoms with van der Waals surface area (Å²) in [7, 11) is 0. The first-order valence-electron chi connectivity index (χ1n) is 5.85. The highest BCUT2D eigenvalue weighted by Gasteiger charge is 2.06. The SMILES string of the molecule is CCNc1cnn(Cc2cc(Br)ccc2F)c(=O)c1. The van der Waals surface area contributed by atoms with Gasteiger partial charge < -0.3 is 5.32 Å². The average molecular weight is 326 g/mol. The molecule has 0 radical (unpaired) electrons. The van der Waals surface area contributed by atoms with E-state index in [9.17, 15) is 9.18 Å². The third-order valence-corrected chi connectivity index (χ3v) is 3.07. The predicted octanol–water partition coefficient (Wildman–Crippen LogP) is 2.63. The second-order valence-corrected chi connectivity index (χ2v) is 4.92. The maximum Gasteiger partial charge on any atom is 0.269 e. The molecule has 1 heterocycles. The van der Waals surface area contributed by atoms with E-state index in [2.05, 4.69) is 26.3 Å². The maximum atomic E-state index is 13.6. The van der Waals surface area contributed by atoms with Gasteiger partial charge in [0.25, 0.3) is 5.56 Å². The lowest BCUT2D eigenvalue weighted by Crippen LogP contribution is -2.23. The zero-order chi connectivity index (χ0) is 13.8. The van der Waals surface area contributed by atoms with Gasteiger partial charge in [-0.05, 0) is 25.1 Å². The predicted molar refractivity (Wildman–Crippen MR) is 75.9 cm³/mol. The van der Waals surface area contributed by atoms with Crippen molar-refractivity contribution in [3.63, 3.8) is 0 Å². The van der Waals surface area contributed by atoms with Gasteiger partial charge in [-0.15, -0.1) is 0 Å². The van der Waals surface area contributed by atoms with E-state index in [1.54, 1.807) is 18.3 Å². The second kappa shape index (κ2) is 5.97. The van der Waals surface area contributed by atoms with Crippen molar-refractivity contribution >= 4 is 21.6 Å². The number of hydrogen-bond donors (Lipinski definition) is 1. The first-order valence-corrected chi connectivity index (χ1v) is 6.64. The van der Waals surface area contributed by atoms with E-state index in [-0.39, 0.29) is 17.9 Å². The highest BCUT2D eigenvalue weighted by atomic mass is 79.9. The van der Waals surface area contributed by atoms with E-state index in [1.165, 1.54) is 16.8 Å². The summed E-state index contributed by atoms with van der Waals surface area (Å²) >= 11 is 3.28. The topological polar surface area (TPSA) is 46.9 Å². The van der Waals surface area contributed by atoms with E-state index >= 15 is 0 Å². The molecule has 2 aromatic rings. The van der Waals surface area contributed by atoms with Crippen LogP contribution in [0.1, 0.15) is 12.5 Å². The summed E-state index contributed by atoms with van der Waals surface area (Å²) in [5.41, 5.74) is 0.816. The minimum absolute atomic E-state index is 0.108. The number of benzene rings is 1. The number of hydrogen-bond acceptors (Lipinski definition) is 3. The Morgan fingerprint density at radius 2 is 2.21 bits per heavy atom. The van der Waals surface area contributed by atoms with Gasteiger partial charge in [-0.2, -0.15) is 5.10 Å². The van der Waals surface area contributed by atoms with Crippen LogP contribution < -0.4 is 10.9 Å².